The van der Waals surface area contributed by atoms with E-state index in [1.807, 2.05) is 0 Å². The second-order valence-electron chi connectivity index (χ2n) is 5.43. The summed E-state index contributed by atoms with van der Waals surface area (Å²) in [6.07, 6.45) is 9.24. The Hall–Kier alpha value is -0.730. The van der Waals surface area contributed by atoms with Crippen molar-refractivity contribution in [1.82, 2.24) is 10.4 Å². The third-order valence-corrected chi connectivity index (χ3v) is 4.36. The van der Waals surface area contributed by atoms with E-state index < -0.39 is 0 Å². The van der Waals surface area contributed by atoms with Crippen molar-refractivity contribution in [1.29, 1.82) is 0 Å². The maximum Gasteiger partial charge on any atom is 0.222 e. The number of unbranched alkanes of at least 4 members (excludes halogenated alkanes) is 1. The van der Waals surface area contributed by atoms with Crippen LogP contribution < -0.4 is 10.4 Å². The van der Waals surface area contributed by atoms with Crippen molar-refractivity contribution in [3.8, 4) is 0 Å². The van der Waals surface area contributed by atoms with Crippen LogP contribution >= 0.6 is 9.39 Å². The maximum absolute atomic E-state index is 12.2. The molecule has 2 bridgehead atoms. The lowest BCUT2D eigenvalue weighted by Crippen LogP contribution is -2.31. The molecule has 0 saturated carbocycles. The number of ketones is 1. The summed E-state index contributed by atoms with van der Waals surface area (Å²) in [7, 11) is 2.20. The smallest absolute Gasteiger partial charge is 0.222 e. The third kappa shape index (κ3) is 4.12. The Balaban J connectivity index is 1.76. The van der Waals surface area contributed by atoms with Gasteiger partial charge in [-0.25, -0.2) is 0 Å². The van der Waals surface area contributed by atoms with Gasteiger partial charge < -0.3 is 10.4 Å². The normalized spacial score (nSPS) is 25.6. The Morgan fingerprint density at radius 1 is 1.26 bits per heavy atom. The molecule has 0 aromatic rings. The Bertz CT molecular complexity index is 382. The number of fused-ring (bicyclic) bond motifs is 2. The summed E-state index contributed by atoms with van der Waals surface area (Å²) in [5.74, 6) is 0.290. The van der Waals surface area contributed by atoms with Gasteiger partial charge in [0.15, 0.2) is 5.78 Å². The number of carbonyl (C=O) groups is 2. The highest BCUT2D eigenvalue weighted by molar-refractivity contribution is 7.15. The first-order valence-electron chi connectivity index (χ1n) is 7.19. The van der Waals surface area contributed by atoms with Gasteiger partial charge in [-0.3, -0.25) is 9.59 Å². The number of allylic oxidation sites excluding steroid dienone is 1. The van der Waals surface area contributed by atoms with Gasteiger partial charge in [0, 0.05) is 30.5 Å². The Kier molecular flexibility index (Phi) is 5.53. The molecular weight excluding hydrogens is 259 g/mol. The van der Waals surface area contributed by atoms with Crippen LogP contribution in [0.3, 0.4) is 0 Å². The molecule has 2 N–H and O–H groups in total. The van der Waals surface area contributed by atoms with Crippen LogP contribution in [0.1, 0.15) is 51.4 Å². The van der Waals surface area contributed by atoms with Crippen LogP contribution in [-0.2, 0) is 9.59 Å². The van der Waals surface area contributed by atoms with Crippen LogP contribution in [0.4, 0.5) is 0 Å². The van der Waals surface area contributed by atoms with Gasteiger partial charge in [0.25, 0.3) is 0 Å². The van der Waals surface area contributed by atoms with Crippen LogP contribution in [0.15, 0.2) is 11.6 Å². The molecule has 1 saturated heterocycles. The molecule has 2 aliphatic heterocycles. The summed E-state index contributed by atoms with van der Waals surface area (Å²) < 4.78 is 0. The molecule has 0 aliphatic carbocycles. The Morgan fingerprint density at radius 3 is 2.84 bits per heavy atom. The van der Waals surface area contributed by atoms with Crippen LogP contribution in [0.5, 0.6) is 0 Å². The van der Waals surface area contributed by atoms with Crippen molar-refractivity contribution in [2.75, 3.05) is 0 Å². The van der Waals surface area contributed by atoms with E-state index in [-0.39, 0.29) is 17.7 Å². The number of hydrogen-bond donors (Lipinski definition) is 2. The van der Waals surface area contributed by atoms with Crippen molar-refractivity contribution in [2.45, 2.75) is 63.5 Å². The minimum Gasteiger partial charge on any atom is -0.341 e. The number of amides is 1. The summed E-state index contributed by atoms with van der Waals surface area (Å²) >= 11 is 0. The zero-order valence-corrected chi connectivity index (χ0v) is 12.4. The van der Waals surface area contributed by atoms with Crippen molar-refractivity contribution >= 4 is 21.1 Å². The van der Waals surface area contributed by atoms with E-state index in [4.69, 9.17) is 0 Å². The molecule has 2 heterocycles. The van der Waals surface area contributed by atoms with E-state index in [0.717, 1.165) is 37.7 Å². The van der Waals surface area contributed by atoms with E-state index >= 15 is 0 Å². The monoisotopic (exact) mass is 282 g/mol. The van der Waals surface area contributed by atoms with Gasteiger partial charge in [-0.05, 0) is 47.9 Å². The van der Waals surface area contributed by atoms with Crippen LogP contribution in [0.2, 0.25) is 0 Å². The van der Waals surface area contributed by atoms with Crippen molar-refractivity contribution in [3.63, 3.8) is 0 Å². The van der Waals surface area contributed by atoms with Gasteiger partial charge in [0.1, 0.15) is 0 Å². The van der Waals surface area contributed by atoms with Gasteiger partial charge in [0.2, 0.25) is 5.91 Å². The number of rotatable bonds is 6. The minimum absolute atomic E-state index is 0.0198. The summed E-state index contributed by atoms with van der Waals surface area (Å²) in [6.45, 7) is 0. The Labute approximate surface area is 117 Å². The molecule has 0 aromatic carbocycles. The predicted octanol–water partition coefficient (Wildman–Crippen LogP) is 1.86. The minimum atomic E-state index is 0.0198. The van der Waals surface area contributed by atoms with Gasteiger partial charge in [-0.1, -0.05) is 6.08 Å². The first-order chi connectivity index (χ1) is 9.20. The molecule has 3 atom stereocenters. The van der Waals surface area contributed by atoms with Crippen molar-refractivity contribution < 1.29 is 9.59 Å². The average molecular weight is 282 g/mol. The highest BCUT2D eigenvalue weighted by Crippen LogP contribution is 2.27. The van der Waals surface area contributed by atoms with E-state index in [1.165, 1.54) is 6.42 Å². The first kappa shape index (κ1) is 14.7. The summed E-state index contributed by atoms with van der Waals surface area (Å²) in [6, 6.07) is 0.896. The molecule has 2 unspecified atom stereocenters. The van der Waals surface area contributed by atoms with Gasteiger partial charge in [0.05, 0.1) is 0 Å². The Morgan fingerprint density at radius 2 is 2.05 bits per heavy atom. The predicted molar refractivity (Wildman–Crippen MR) is 78.6 cm³/mol. The largest absolute Gasteiger partial charge is 0.341 e. The molecule has 0 spiro atoms. The van der Waals surface area contributed by atoms with E-state index in [0.29, 0.717) is 18.9 Å². The summed E-state index contributed by atoms with van der Waals surface area (Å²) in [4.78, 5) is 23.3. The summed E-state index contributed by atoms with van der Waals surface area (Å²) in [5, 5.41) is 6.06. The molecular formula is C14H23N2O2P. The SMILES string of the molecule is O=C(CCCCC(=O)C1=CCC[C@H]2CCC1N2)NP. The first-order valence-corrected chi connectivity index (χ1v) is 7.77. The lowest BCUT2D eigenvalue weighted by Gasteiger charge is -2.13. The number of hydrogen-bond acceptors (Lipinski definition) is 3. The molecule has 1 amide bonds. The molecule has 4 nitrogen and oxygen atoms in total. The number of carbonyl (C=O) groups excluding carboxylic acids is 2. The van der Waals surface area contributed by atoms with Crippen LogP contribution in [0, 0.1) is 0 Å². The lowest BCUT2D eigenvalue weighted by molar-refractivity contribution is -0.120. The van der Waals surface area contributed by atoms with Gasteiger partial charge in [-0.2, -0.15) is 0 Å². The number of Topliss-reactive ketones (excluding diaryl/α,β-unsaturated/α-hetero) is 1. The highest BCUT2D eigenvalue weighted by Gasteiger charge is 2.30. The lowest BCUT2D eigenvalue weighted by atomic mass is 9.94. The van der Waals surface area contributed by atoms with E-state index in [1.54, 1.807) is 0 Å². The fourth-order valence-corrected chi connectivity index (χ4v) is 3.11. The molecule has 1 fully saturated rings. The fourth-order valence-electron chi connectivity index (χ4n) is 2.97. The average Bonchev–Trinajstić information content (AvgIpc) is 2.75. The third-order valence-electron chi connectivity index (χ3n) is 4.04. The van der Waals surface area contributed by atoms with Crippen LogP contribution in [-0.4, -0.2) is 23.8 Å². The zero-order valence-electron chi connectivity index (χ0n) is 11.3. The molecule has 5 heteroatoms. The van der Waals surface area contributed by atoms with E-state index in [2.05, 4.69) is 25.9 Å². The van der Waals surface area contributed by atoms with Crippen molar-refractivity contribution in [2.24, 2.45) is 0 Å². The second-order valence-corrected chi connectivity index (χ2v) is 5.72. The van der Waals surface area contributed by atoms with Crippen molar-refractivity contribution in [3.05, 3.63) is 11.6 Å². The maximum atomic E-state index is 12.2. The molecule has 0 radical (unpaired) electrons. The number of nitrogens with one attached hydrogen (secondary N) is 2. The molecule has 2 aliphatic rings. The van der Waals surface area contributed by atoms with Gasteiger partial charge >= 0.3 is 0 Å². The second kappa shape index (κ2) is 7.16. The van der Waals surface area contributed by atoms with E-state index in [9.17, 15) is 9.59 Å². The van der Waals surface area contributed by atoms with Gasteiger partial charge in [-0.15, -0.1) is 0 Å². The topological polar surface area (TPSA) is 58.2 Å². The van der Waals surface area contributed by atoms with Crippen LogP contribution in [0.25, 0.3) is 0 Å². The zero-order chi connectivity index (χ0) is 13.7. The molecule has 2 rings (SSSR count). The molecule has 0 aromatic heterocycles. The fraction of sp³-hybridized carbons (Fsp3) is 0.714. The summed E-state index contributed by atoms with van der Waals surface area (Å²) in [5.41, 5.74) is 0.996. The molecule has 106 valence electrons. The highest BCUT2D eigenvalue weighted by atomic mass is 31.0. The molecule has 19 heavy (non-hydrogen) atoms. The standard InChI is InChI=1S/C14H23N2O2P/c17-13(6-1-2-7-14(18)16-19)11-5-3-4-10-8-9-12(11)15-10/h5,10,12,15H,1-4,6-9,19H2,(H,16,18)/t10-,12?/m0/s1. The quantitative estimate of drug-likeness (QED) is 0.577.